The average Bonchev–Trinajstić information content (AvgIpc) is 2.98. The second kappa shape index (κ2) is 7.64. The molecule has 22 heavy (non-hydrogen) atoms. The van der Waals surface area contributed by atoms with Gasteiger partial charge in [-0.25, -0.2) is 0 Å². The predicted molar refractivity (Wildman–Crippen MR) is 85.7 cm³/mol. The average molecular weight is 302 g/mol. The van der Waals surface area contributed by atoms with Gasteiger partial charge in [-0.2, -0.15) is 0 Å². The molecule has 0 saturated carbocycles. The third-order valence-electron chi connectivity index (χ3n) is 3.56. The summed E-state index contributed by atoms with van der Waals surface area (Å²) in [5, 5.41) is 2.88. The van der Waals surface area contributed by atoms with Gasteiger partial charge >= 0.3 is 0 Å². The largest absolute Gasteiger partial charge is 0.484 e. The smallest absolute Gasteiger partial charge is 0.259 e. The number of hydrogen-bond acceptors (Lipinski definition) is 3. The van der Waals surface area contributed by atoms with Gasteiger partial charge in [-0.3, -0.25) is 9.59 Å². The van der Waals surface area contributed by atoms with Crippen LogP contribution in [0.25, 0.3) is 0 Å². The lowest BCUT2D eigenvalue weighted by Gasteiger charge is -2.12. The SMILES string of the molecule is CN(C)C(=O)COc1ccc(NC(=O)C[C@H]2C=CCC2)cc1. The highest BCUT2D eigenvalue weighted by Gasteiger charge is 2.14. The fourth-order valence-corrected chi connectivity index (χ4v) is 2.22. The minimum absolute atomic E-state index is 0.00667. The molecule has 1 atom stereocenters. The summed E-state index contributed by atoms with van der Waals surface area (Å²) in [7, 11) is 3.37. The highest BCUT2D eigenvalue weighted by molar-refractivity contribution is 5.91. The van der Waals surface area contributed by atoms with Crippen molar-refractivity contribution in [2.75, 3.05) is 26.0 Å². The zero-order valence-corrected chi connectivity index (χ0v) is 13.0. The maximum atomic E-state index is 11.9. The summed E-state index contributed by atoms with van der Waals surface area (Å²) in [6.07, 6.45) is 6.87. The fraction of sp³-hybridized carbons (Fsp3) is 0.412. The number of rotatable bonds is 6. The number of nitrogens with one attached hydrogen (secondary N) is 1. The Morgan fingerprint density at radius 2 is 2.00 bits per heavy atom. The minimum atomic E-state index is -0.0954. The first-order valence-electron chi connectivity index (χ1n) is 7.44. The van der Waals surface area contributed by atoms with Gasteiger partial charge in [0.15, 0.2) is 6.61 Å². The summed E-state index contributed by atoms with van der Waals surface area (Å²) in [5.41, 5.74) is 0.735. The number of ether oxygens (including phenoxy) is 1. The summed E-state index contributed by atoms with van der Waals surface area (Å²) in [6.45, 7) is 0.00667. The van der Waals surface area contributed by atoms with Crippen LogP contribution in [0.1, 0.15) is 19.3 Å². The Labute approximate surface area is 130 Å². The van der Waals surface area contributed by atoms with Gasteiger partial charge in [0, 0.05) is 26.2 Å². The molecule has 2 rings (SSSR count). The molecule has 0 bridgehead atoms. The Kier molecular flexibility index (Phi) is 5.58. The van der Waals surface area contributed by atoms with E-state index in [0.717, 1.165) is 18.5 Å². The van der Waals surface area contributed by atoms with Crippen molar-refractivity contribution in [3.05, 3.63) is 36.4 Å². The number of hydrogen-bond donors (Lipinski definition) is 1. The van der Waals surface area contributed by atoms with Crippen LogP contribution in [-0.4, -0.2) is 37.4 Å². The van der Waals surface area contributed by atoms with Crippen LogP contribution in [0, 0.1) is 5.92 Å². The minimum Gasteiger partial charge on any atom is -0.484 e. The molecule has 0 unspecified atom stereocenters. The molecule has 1 aliphatic rings. The Hall–Kier alpha value is -2.30. The molecular weight excluding hydrogens is 280 g/mol. The van der Waals surface area contributed by atoms with Crippen molar-refractivity contribution in [1.29, 1.82) is 0 Å². The normalized spacial score (nSPS) is 16.4. The second-order valence-corrected chi connectivity index (χ2v) is 5.62. The van der Waals surface area contributed by atoms with Crippen LogP contribution in [0.3, 0.4) is 0 Å². The van der Waals surface area contributed by atoms with Crippen LogP contribution in [0.2, 0.25) is 0 Å². The van der Waals surface area contributed by atoms with E-state index in [0.29, 0.717) is 18.1 Å². The van der Waals surface area contributed by atoms with Gasteiger partial charge in [-0.15, -0.1) is 0 Å². The molecule has 0 aliphatic heterocycles. The number of benzene rings is 1. The Morgan fingerprint density at radius 1 is 1.27 bits per heavy atom. The monoisotopic (exact) mass is 302 g/mol. The molecule has 1 aromatic carbocycles. The number of amides is 2. The lowest BCUT2D eigenvalue weighted by atomic mass is 10.1. The van der Waals surface area contributed by atoms with Crippen LogP contribution >= 0.6 is 0 Å². The van der Waals surface area contributed by atoms with E-state index in [-0.39, 0.29) is 18.4 Å². The molecule has 0 aromatic heterocycles. The standard InChI is InChI=1S/C17H22N2O3/c1-19(2)17(21)12-22-15-9-7-14(8-10-15)18-16(20)11-13-5-3-4-6-13/h3,5,7-10,13H,4,6,11-12H2,1-2H3,(H,18,20)/t13-/m0/s1. The van der Waals surface area contributed by atoms with Gasteiger partial charge in [0.05, 0.1) is 0 Å². The van der Waals surface area contributed by atoms with Crippen molar-refractivity contribution in [2.45, 2.75) is 19.3 Å². The number of anilines is 1. The van der Waals surface area contributed by atoms with E-state index in [2.05, 4.69) is 17.5 Å². The molecule has 118 valence electrons. The van der Waals surface area contributed by atoms with Crippen molar-refractivity contribution < 1.29 is 14.3 Å². The summed E-state index contributed by atoms with van der Waals surface area (Å²) >= 11 is 0. The highest BCUT2D eigenvalue weighted by Crippen LogP contribution is 2.21. The van der Waals surface area contributed by atoms with Crippen LogP contribution in [-0.2, 0) is 9.59 Å². The summed E-state index contributed by atoms with van der Waals surface area (Å²) in [6, 6.07) is 7.04. The number of carbonyl (C=O) groups excluding carboxylic acids is 2. The Bertz CT molecular complexity index is 550. The van der Waals surface area contributed by atoms with E-state index in [1.165, 1.54) is 4.90 Å². The first kappa shape index (κ1) is 16.1. The van der Waals surface area contributed by atoms with Crippen LogP contribution in [0.15, 0.2) is 36.4 Å². The van der Waals surface area contributed by atoms with E-state index >= 15 is 0 Å². The number of likely N-dealkylation sites (N-methyl/N-ethyl adjacent to an activating group) is 1. The highest BCUT2D eigenvalue weighted by atomic mass is 16.5. The number of allylic oxidation sites excluding steroid dienone is 2. The third-order valence-corrected chi connectivity index (χ3v) is 3.56. The molecule has 0 heterocycles. The van der Waals surface area contributed by atoms with Crippen molar-refractivity contribution in [3.63, 3.8) is 0 Å². The summed E-state index contributed by atoms with van der Waals surface area (Å²) in [4.78, 5) is 24.8. The quantitative estimate of drug-likeness (QED) is 0.821. The molecule has 1 N–H and O–H groups in total. The molecule has 0 saturated heterocycles. The molecule has 0 fully saturated rings. The van der Waals surface area contributed by atoms with Crippen molar-refractivity contribution >= 4 is 17.5 Å². The Balaban J connectivity index is 1.79. The van der Waals surface area contributed by atoms with Gasteiger partial charge in [0.2, 0.25) is 5.91 Å². The van der Waals surface area contributed by atoms with E-state index < -0.39 is 0 Å². The van der Waals surface area contributed by atoms with E-state index in [1.807, 2.05) is 0 Å². The van der Waals surface area contributed by atoms with E-state index in [1.54, 1.807) is 38.4 Å². The number of carbonyl (C=O) groups is 2. The molecule has 5 heteroatoms. The molecule has 2 amide bonds. The van der Waals surface area contributed by atoms with Crippen LogP contribution < -0.4 is 10.1 Å². The number of nitrogens with zero attached hydrogens (tertiary/aromatic N) is 1. The predicted octanol–water partition coefficient (Wildman–Crippen LogP) is 2.45. The molecule has 5 nitrogen and oxygen atoms in total. The lowest BCUT2D eigenvalue weighted by Crippen LogP contribution is -2.27. The van der Waals surface area contributed by atoms with E-state index in [4.69, 9.17) is 4.74 Å². The van der Waals surface area contributed by atoms with Crippen molar-refractivity contribution in [2.24, 2.45) is 5.92 Å². The van der Waals surface area contributed by atoms with Crippen LogP contribution in [0.4, 0.5) is 5.69 Å². The van der Waals surface area contributed by atoms with Gasteiger partial charge in [-0.1, -0.05) is 12.2 Å². The first-order valence-corrected chi connectivity index (χ1v) is 7.44. The first-order chi connectivity index (χ1) is 10.5. The second-order valence-electron chi connectivity index (χ2n) is 5.62. The van der Waals surface area contributed by atoms with Gasteiger partial charge in [0.1, 0.15) is 5.75 Å². The maximum absolute atomic E-state index is 11.9. The molecule has 1 aromatic rings. The molecule has 0 radical (unpaired) electrons. The summed E-state index contributed by atoms with van der Waals surface area (Å²) in [5.74, 6) is 0.890. The van der Waals surface area contributed by atoms with Crippen molar-refractivity contribution in [3.8, 4) is 5.75 Å². The lowest BCUT2D eigenvalue weighted by molar-refractivity contribution is -0.130. The van der Waals surface area contributed by atoms with E-state index in [9.17, 15) is 9.59 Å². The summed E-state index contributed by atoms with van der Waals surface area (Å²) < 4.78 is 5.38. The molecule has 1 aliphatic carbocycles. The van der Waals surface area contributed by atoms with Crippen molar-refractivity contribution in [1.82, 2.24) is 4.90 Å². The van der Waals surface area contributed by atoms with Gasteiger partial charge in [-0.05, 0) is 43.0 Å². The van der Waals surface area contributed by atoms with Gasteiger partial charge in [0.25, 0.3) is 5.91 Å². The zero-order valence-electron chi connectivity index (χ0n) is 13.0. The maximum Gasteiger partial charge on any atom is 0.259 e. The molecular formula is C17H22N2O3. The topological polar surface area (TPSA) is 58.6 Å². The third kappa shape index (κ3) is 4.91. The fourth-order valence-electron chi connectivity index (χ4n) is 2.22. The van der Waals surface area contributed by atoms with Crippen LogP contribution in [0.5, 0.6) is 5.75 Å². The van der Waals surface area contributed by atoms with Gasteiger partial charge < -0.3 is 15.0 Å². The zero-order chi connectivity index (χ0) is 15.9. The molecule has 0 spiro atoms. The Morgan fingerprint density at radius 3 is 2.59 bits per heavy atom.